The van der Waals surface area contributed by atoms with Gasteiger partial charge in [0.15, 0.2) is 0 Å². The van der Waals surface area contributed by atoms with Gasteiger partial charge in [0.1, 0.15) is 11.3 Å². The average Bonchev–Trinajstić information content (AvgIpc) is 2.99. The molecule has 1 aliphatic heterocycles. The molecule has 3 rings (SSSR count). The maximum absolute atomic E-state index is 12.1. The number of nitrogens with one attached hydrogen (secondary N) is 1. The Labute approximate surface area is 145 Å². The lowest BCUT2D eigenvalue weighted by Crippen LogP contribution is -2.39. The molecule has 0 saturated carbocycles. The number of aryl methyl sites for hydroxylation is 1. The minimum Gasteiger partial charge on any atom is -0.372 e. The van der Waals surface area contributed by atoms with Crippen LogP contribution >= 0.6 is 11.6 Å². The van der Waals surface area contributed by atoms with Crippen molar-refractivity contribution in [1.29, 1.82) is 0 Å². The van der Waals surface area contributed by atoms with E-state index in [0.29, 0.717) is 11.8 Å². The third kappa shape index (κ3) is 4.21. The van der Waals surface area contributed by atoms with E-state index in [1.807, 2.05) is 17.8 Å². The van der Waals surface area contributed by atoms with Crippen LogP contribution in [0.2, 0.25) is 5.15 Å². The summed E-state index contributed by atoms with van der Waals surface area (Å²) >= 11 is 5.83. The second-order valence-corrected chi connectivity index (χ2v) is 6.10. The number of rotatable bonds is 4. The molecule has 0 aliphatic carbocycles. The minimum atomic E-state index is -0.126. The van der Waals surface area contributed by atoms with E-state index in [-0.39, 0.29) is 18.1 Å². The van der Waals surface area contributed by atoms with E-state index in [9.17, 15) is 4.79 Å². The van der Waals surface area contributed by atoms with Crippen LogP contribution in [0.15, 0.2) is 36.7 Å². The summed E-state index contributed by atoms with van der Waals surface area (Å²) in [6.07, 6.45) is 8.09. The zero-order valence-corrected chi connectivity index (χ0v) is 14.1. The normalized spacial score (nSPS) is 21.1. The molecule has 1 N–H and O–H groups in total. The molecule has 2 unspecified atom stereocenters. The molecule has 1 fully saturated rings. The van der Waals surface area contributed by atoms with Gasteiger partial charge in [0.05, 0.1) is 5.69 Å². The first-order chi connectivity index (χ1) is 11.6. The van der Waals surface area contributed by atoms with E-state index in [4.69, 9.17) is 16.3 Å². The number of hydrogen-bond acceptors (Lipinski definition) is 4. The molecule has 1 saturated heterocycles. The van der Waals surface area contributed by atoms with Crippen molar-refractivity contribution in [3.8, 4) is 0 Å². The van der Waals surface area contributed by atoms with Gasteiger partial charge in [-0.3, -0.25) is 9.48 Å². The fraction of sp³-hybridized carbons (Fsp3) is 0.353. The summed E-state index contributed by atoms with van der Waals surface area (Å²) in [7, 11) is 1.89. The number of halogens is 1. The Hall–Kier alpha value is -2.18. The molecular weight excluding hydrogens is 328 g/mol. The van der Waals surface area contributed by atoms with Gasteiger partial charge in [0.25, 0.3) is 0 Å². The molecule has 2 atom stereocenters. The standard InChI is InChI=1S/C17H19ClN4O2/c1-22-14(5-8-20-22)15-11-13(6-9-24-15)21-17(23)3-2-12-4-7-19-16(18)10-12/h2-5,7-8,10,13,15H,6,9,11H2,1H3,(H,21,23)/b3-2+. The summed E-state index contributed by atoms with van der Waals surface area (Å²) < 4.78 is 7.61. The van der Waals surface area contributed by atoms with Crippen LogP contribution in [0.1, 0.15) is 30.2 Å². The summed E-state index contributed by atoms with van der Waals surface area (Å²) in [5.74, 6) is -0.126. The van der Waals surface area contributed by atoms with Gasteiger partial charge in [-0.25, -0.2) is 4.98 Å². The first-order valence-electron chi connectivity index (χ1n) is 7.81. The molecule has 2 aromatic rings. The largest absolute Gasteiger partial charge is 0.372 e. The van der Waals surface area contributed by atoms with Crippen molar-refractivity contribution < 1.29 is 9.53 Å². The molecule has 0 bridgehead atoms. The van der Waals surface area contributed by atoms with Gasteiger partial charge >= 0.3 is 0 Å². The zero-order chi connectivity index (χ0) is 16.9. The van der Waals surface area contributed by atoms with Crippen molar-refractivity contribution in [2.45, 2.75) is 25.0 Å². The molecule has 1 aliphatic rings. The number of nitrogens with zero attached hydrogens (tertiary/aromatic N) is 3. The molecule has 7 heteroatoms. The van der Waals surface area contributed by atoms with E-state index in [1.165, 1.54) is 6.08 Å². The van der Waals surface area contributed by atoms with Crippen LogP contribution in [-0.4, -0.2) is 33.3 Å². The predicted molar refractivity (Wildman–Crippen MR) is 91.3 cm³/mol. The Morgan fingerprint density at radius 3 is 3.08 bits per heavy atom. The maximum atomic E-state index is 12.1. The molecule has 3 heterocycles. The molecule has 1 amide bonds. The zero-order valence-electron chi connectivity index (χ0n) is 13.4. The number of aromatic nitrogens is 3. The van der Waals surface area contributed by atoms with Crippen LogP contribution in [0.25, 0.3) is 6.08 Å². The third-order valence-electron chi connectivity index (χ3n) is 4.00. The van der Waals surface area contributed by atoms with Crippen molar-refractivity contribution in [2.24, 2.45) is 7.05 Å². The Balaban J connectivity index is 1.57. The van der Waals surface area contributed by atoms with E-state index in [1.54, 1.807) is 30.6 Å². The van der Waals surface area contributed by atoms with Crippen LogP contribution in [0.4, 0.5) is 0 Å². The van der Waals surface area contributed by atoms with E-state index >= 15 is 0 Å². The third-order valence-corrected chi connectivity index (χ3v) is 4.20. The van der Waals surface area contributed by atoms with Gasteiger partial charge in [-0.05, 0) is 42.7 Å². The van der Waals surface area contributed by atoms with Crippen LogP contribution in [0, 0.1) is 0 Å². The first-order valence-corrected chi connectivity index (χ1v) is 8.19. The Bertz CT molecular complexity index is 744. The summed E-state index contributed by atoms with van der Waals surface area (Å²) in [4.78, 5) is 16.0. The fourth-order valence-corrected chi connectivity index (χ4v) is 2.96. The van der Waals surface area contributed by atoms with Crippen molar-refractivity contribution in [1.82, 2.24) is 20.1 Å². The summed E-state index contributed by atoms with van der Waals surface area (Å²) in [5.41, 5.74) is 1.86. The van der Waals surface area contributed by atoms with Gasteiger partial charge in [-0.15, -0.1) is 0 Å². The second-order valence-electron chi connectivity index (χ2n) is 5.71. The molecule has 24 heavy (non-hydrogen) atoms. The van der Waals surface area contributed by atoms with E-state index < -0.39 is 0 Å². The average molecular weight is 347 g/mol. The van der Waals surface area contributed by atoms with Gasteiger partial charge in [0.2, 0.25) is 5.91 Å². The number of hydrogen-bond donors (Lipinski definition) is 1. The van der Waals surface area contributed by atoms with Crippen LogP contribution in [0.5, 0.6) is 0 Å². The Kier molecular flexibility index (Phi) is 5.27. The number of pyridine rings is 1. The number of carbonyl (C=O) groups is 1. The fourth-order valence-electron chi connectivity index (χ4n) is 2.78. The van der Waals surface area contributed by atoms with Crippen molar-refractivity contribution >= 4 is 23.6 Å². The molecule has 0 aromatic carbocycles. The van der Waals surface area contributed by atoms with Gasteiger partial charge in [0, 0.05) is 38.2 Å². The number of ether oxygens (including phenoxy) is 1. The van der Waals surface area contributed by atoms with Gasteiger partial charge < -0.3 is 10.1 Å². The lowest BCUT2D eigenvalue weighted by atomic mass is 10.0. The summed E-state index contributed by atoms with van der Waals surface area (Å²) in [5, 5.41) is 7.60. The topological polar surface area (TPSA) is 69.0 Å². The predicted octanol–water partition coefficient (Wildman–Crippen LogP) is 2.52. The van der Waals surface area contributed by atoms with Crippen LogP contribution in [-0.2, 0) is 16.6 Å². The SMILES string of the molecule is Cn1nccc1C1CC(NC(=O)/C=C/c2ccnc(Cl)c2)CCO1. The molecular formula is C17H19ClN4O2. The lowest BCUT2D eigenvalue weighted by molar-refractivity contribution is -0.118. The van der Waals surface area contributed by atoms with Crippen molar-refractivity contribution in [3.05, 3.63) is 53.1 Å². The molecule has 2 aromatic heterocycles. The van der Waals surface area contributed by atoms with Crippen molar-refractivity contribution in [2.75, 3.05) is 6.61 Å². The Morgan fingerprint density at radius 1 is 1.46 bits per heavy atom. The molecule has 0 radical (unpaired) electrons. The van der Waals surface area contributed by atoms with E-state index in [0.717, 1.165) is 24.1 Å². The maximum Gasteiger partial charge on any atom is 0.244 e. The minimum absolute atomic E-state index is 0.0421. The molecule has 6 nitrogen and oxygen atoms in total. The molecule has 126 valence electrons. The molecule has 0 spiro atoms. The Morgan fingerprint density at radius 2 is 2.33 bits per heavy atom. The highest BCUT2D eigenvalue weighted by Gasteiger charge is 2.26. The van der Waals surface area contributed by atoms with Crippen molar-refractivity contribution in [3.63, 3.8) is 0 Å². The van der Waals surface area contributed by atoms with E-state index in [2.05, 4.69) is 15.4 Å². The van der Waals surface area contributed by atoms with Gasteiger partial charge in [-0.2, -0.15) is 5.10 Å². The van der Waals surface area contributed by atoms with Crippen LogP contribution < -0.4 is 5.32 Å². The highest BCUT2D eigenvalue weighted by Crippen LogP contribution is 2.27. The van der Waals surface area contributed by atoms with Gasteiger partial charge in [-0.1, -0.05) is 11.6 Å². The first kappa shape index (κ1) is 16.7. The summed E-state index contributed by atoms with van der Waals surface area (Å²) in [6, 6.07) is 5.53. The monoisotopic (exact) mass is 346 g/mol. The van der Waals surface area contributed by atoms with Crippen LogP contribution in [0.3, 0.4) is 0 Å². The summed E-state index contributed by atoms with van der Waals surface area (Å²) in [6.45, 7) is 0.616. The highest BCUT2D eigenvalue weighted by molar-refractivity contribution is 6.29. The quantitative estimate of drug-likeness (QED) is 0.682. The lowest BCUT2D eigenvalue weighted by Gasteiger charge is -2.29. The number of amides is 1. The highest BCUT2D eigenvalue weighted by atomic mass is 35.5. The number of carbonyl (C=O) groups excluding carboxylic acids is 1. The second kappa shape index (κ2) is 7.59. The smallest absolute Gasteiger partial charge is 0.244 e.